The highest BCUT2D eigenvalue weighted by Crippen LogP contribution is 2.29. The lowest BCUT2D eigenvalue weighted by Crippen LogP contribution is -2.54. The molecule has 17 heavy (non-hydrogen) atoms. The average molecular weight is 247 g/mol. The maximum absolute atomic E-state index is 4.72. The maximum atomic E-state index is 4.72. The predicted octanol–water partition coefficient (Wildman–Crippen LogP) is 2.48. The number of anilines is 1. The highest BCUT2D eigenvalue weighted by Gasteiger charge is 2.23. The molecule has 1 fully saturated rings. The van der Waals surface area contributed by atoms with Crippen molar-refractivity contribution in [3.63, 3.8) is 0 Å². The molecule has 0 amide bonds. The Hall–Kier alpha value is -1.13. The van der Waals surface area contributed by atoms with Gasteiger partial charge in [0.15, 0.2) is 5.13 Å². The molecule has 1 aromatic carbocycles. The summed E-state index contributed by atoms with van der Waals surface area (Å²) in [5.74, 6) is 0. The highest BCUT2D eigenvalue weighted by molar-refractivity contribution is 7.22. The molecule has 1 aliphatic rings. The molecular weight excluding hydrogens is 230 g/mol. The first kappa shape index (κ1) is 11.0. The summed E-state index contributed by atoms with van der Waals surface area (Å²) in [6.07, 6.45) is 0. The molecule has 2 atom stereocenters. The van der Waals surface area contributed by atoms with Gasteiger partial charge in [-0.15, -0.1) is 0 Å². The number of piperazine rings is 1. The van der Waals surface area contributed by atoms with Crippen LogP contribution in [0.25, 0.3) is 10.2 Å². The number of rotatable bonds is 1. The van der Waals surface area contributed by atoms with Crippen LogP contribution in [0.2, 0.25) is 0 Å². The van der Waals surface area contributed by atoms with Gasteiger partial charge in [0.2, 0.25) is 0 Å². The lowest BCUT2D eigenvalue weighted by Gasteiger charge is -2.35. The molecule has 2 unspecified atom stereocenters. The van der Waals surface area contributed by atoms with E-state index in [0.717, 1.165) is 23.7 Å². The Kier molecular flexibility index (Phi) is 2.76. The van der Waals surface area contributed by atoms with Crippen LogP contribution in [0.5, 0.6) is 0 Å². The summed E-state index contributed by atoms with van der Waals surface area (Å²) in [6.45, 7) is 6.56. The van der Waals surface area contributed by atoms with Crippen molar-refractivity contribution in [2.75, 3.05) is 18.0 Å². The van der Waals surface area contributed by atoms with E-state index in [-0.39, 0.29) is 0 Å². The van der Waals surface area contributed by atoms with Crippen LogP contribution in [0, 0.1) is 0 Å². The van der Waals surface area contributed by atoms with E-state index in [9.17, 15) is 0 Å². The van der Waals surface area contributed by atoms with Crippen molar-refractivity contribution in [2.45, 2.75) is 25.9 Å². The SMILES string of the molecule is CC1CN(c2nc3ccccc3s2)CC(C)N1. The second kappa shape index (κ2) is 4.27. The standard InChI is InChI=1S/C13H17N3S/c1-9-7-16(8-10(2)14-9)13-15-11-5-3-4-6-12(11)17-13/h3-6,9-10,14H,7-8H2,1-2H3. The number of para-hydroxylation sites is 1. The Balaban J connectivity index is 1.92. The molecule has 3 nitrogen and oxygen atoms in total. The monoisotopic (exact) mass is 247 g/mol. The van der Waals surface area contributed by atoms with Crippen LogP contribution in [-0.2, 0) is 0 Å². The first-order valence-corrected chi connectivity index (χ1v) is 6.90. The van der Waals surface area contributed by atoms with E-state index in [1.807, 2.05) is 0 Å². The van der Waals surface area contributed by atoms with Crippen molar-refractivity contribution in [1.82, 2.24) is 10.3 Å². The summed E-state index contributed by atoms with van der Waals surface area (Å²) in [4.78, 5) is 7.12. The fourth-order valence-electron chi connectivity index (χ4n) is 2.48. The molecule has 0 radical (unpaired) electrons. The zero-order valence-electron chi connectivity index (χ0n) is 10.2. The smallest absolute Gasteiger partial charge is 0.186 e. The molecule has 1 aliphatic heterocycles. The molecule has 2 heterocycles. The lowest BCUT2D eigenvalue weighted by atomic mass is 10.2. The van der Waals surface area contributed by atoms with Crippen LogP contribution in [0.15, 0.2) is 24.3 Å². The van der Waals surface area contributed by atoms with Crippen LogP contribution in [0.4, 0.5) is 5.13 Å². The van der Waals surface area contributed by atoms with Gasteiger partial charge in [0, 0.05) is 25.2 Å². The predicted molar refractivity (Wildman–Crippen MR) is 73.9 cm³/mol. The Labute approximate surface area is 105 Å². The van der Waals surface area contributed by atoms with E-state index in [2.05, 4.69) is 48.3 Å². The first-order valence-electron chi connectivity index (χ1n) is 6.09. The number of nitrogens with one attached hydrogen (secondary N) is 1. The minimum Gasteiger partial charge on any atom is -0.345 e. The maximum Gasteiger partial charge on any atom is 0.186 e. The third-order valence-corrected chi connectivity index (χ3v) is 4.21. The number of benzene rings is 1. The largest absolute Gasteiger partial charge is 0.345 e. The summed E-state index contributed by atoms with van der Waals surface area (Å²) >= 11 is 1.79. The third kappa shape index (κ3) is 2.15. The number of thiazole rings is 1. The van der Waals surface area contributed by atoms with Gasteiger partial charge in [-0.2, -0.15) is 0 Å². The van der Waals surface area contributed by atoms with Gasteiger partial charge in [-0.05, 0) is 26.0 Å². The number of fused-ring (bicyclic) bond motifs is 1. The van der Waals surface area contributed by atoms with Gasteiger partial charge in [-0.3, -0.25) is 0 Å². The zero-order chi connectivity index (χ0) is 11.8. The minimum atomic E-state index is 0.533. The Morgan fingerprint density at radius 2 is 1.94 bits per heavy atom. The molecule has 0 spiro atoms. The van der Waals surface area contributed by atoms with E-state index < -0.39 is 0 Å². The van der Waals surface area contributed by atoms with E-state index >= 15 is 0 Å². The van der Waals surface area contributed by atoms with Gasteiger partial charge >= 0.3 is 0 Å². The van der Waals surface area contributed by atoms with Crippen LogP contribution in [0.1, 0.15) is 13.8 Å². The van der Waals surface area contributed by atoms with Crippen LogP contribution in [-0.4, -0.2) is 30.2 Å². The molecule has 1 saturated heterocycles. The van der Waals surface area contributed by atoms with Crippen molar-refractivity contribution in [2.24, 2.45) is 0 Å². The van der Waals surface area contributed by atoms with Crippen LogP contribution >= 0.6 is 11.3 Å². The van der Waals surface area contributed by atoms with E-state index in [1.165, 1.54) is 4.70 Å². The van der Waals surface area contributed by atoms with Gasteiger partial charge in [0.05, 0.1) is 10.2 Å². The molecule has 0 aliphatic carbocycles. The third-order valence-electron chi connectivity index (χ3n) is 3.11. The molecule has 4 heteroatoms. The second-order valence-corrected chi connectivity index (χ2v) is 5.85. The lowest BCUT2D eigenvalue weighted by molar-refractivity contribution is 0.407. The van der Waals surface area contributed by atoms with E-state index in [1.54, 1.807) is 11.3 Å². The molecule has 1 aromatic heterocycles. The van der Waals surface area contributed by atoms with Gasteiger partial charge in [-0.1, -0.05) is 23.5 Å². The summed E-state index contributed by atoms with van der Waals surface area (Å²) < 4.78 is 1.28. The van der Waals surface area contributed by atoms with E-state index in [0.29, 0.717) is 12.1 Å². The van der Waals surface area contributed by atoms with Crippen molar-refractivity contribution >= 4 is 26.7 Å². The van der Waals surface area contributed by atoms with Gasteiger partial charge in [0.25, 0.3) is 0 Å². The van der Waals surface area contributed by atoms with Crippen LogP contribution < -0.4 is 10.2 Å². The number of aromatic nitrogens is 1. The van der Waals surface area contributed by atoms with Crippen LogP contribution in [0.3, 0.4) is 0 Å². The number of hydrogen-bond acceptors (Lipinski definition) is 4. The van der Waals surface area contributed by atoms with Crippen molar-refractivity contribution in [1.29, 1.82) is 0 Å². The van der Waals surface area contributed by atoms with Gasteiger partial charge < -0.3 is 10.2 Å². The summed E-state index contributed by atoms with van der Waals surface area (Å²) in [5, 5.41) is 4.71. The average Bonchev–Trinajstić information content (AvgIpc) is 2.71. The fraction of sp³-hybridized carbons (Fsp3) is 0.462. The molecule has 3 rings (SSSR count). The molecule has 2 aromatic rings. The van der Waals surface area contributed by atoms with Crippen molar-refractivity contribution < 1.29 is 0 Å². The molecule has 0 bridgehead atoms. The quantitative estimate of drug-likeness (QED) is 0.839. The molecular formula is C13H17N3S. The number of nitrogens with zero attached hydrogens (tertiary/aromatic N) is 2. The first-order chi connectivity index (χ1) is 8.22. The molecule has 90 valence electrons. The topological polar surface area (TPSA) is 28.2 Å². The normalized spacial score (nSPS) is 25.4. The summed E-state index contributed by atoms with van der Waals surface area (Å²) in [6, 6.07) is 9.43. The summed E-state index contributed by atoms with van der Waals surface area (Å²) in [7, 11) is 0. The van der Waals surface area contributed by atoms with Gasteiger partial charge in [0.1, 0.15) is 0 Å². The Morgan fingerprint density at radius 1 is 1.24 bits per heavy atom. The fourth-order valence-corrected chi connectivity index (χ4v) is 3.46. The Morgan fingerprint density at radius 3 is 2.65 bits per heavy atom. The van der Waals surface area contributed by atoms with Crippen molar-refractivity contribution in [3.8, 4) is 0 Å². The molecule has 0 saturated carbocycles. The zero-order valence-corrected chi connectivity index (χ0v) is 11.0. The minimum absolute atomic E-state index is 0.533. The van der Waals surface area contributed by atoms with Crippen molar-refractivity contribution in [3.05, 3.63) is 24.3 Å². The second-order valence-electron chi connectivity index (χ2n) is 4.84. The number of hydrogen-bond donors (Lipinski definition) is 1. The summed E-state index contributed by atoms with van der Waals surface area (Å²) in [5.41, 5.74) is 1.12. The van der Waals surface area contributed by atoms with E-state index in [4.69, 9.17) is 4.98 Å². The molecule has 1 N–H and O–H groups in total. The van der Waals surface area contributed by atoms with Gasteiger partial charge in [-0.25, -0.2) is 4.98 Å². The highest BCUT2D eigenvalue weighted by atomic mass is 32.1. The Bertz CT molecular complexity index is 479.